The van der Waals surface area contributed by atoms with Crippen molar-refractivity contribution in [3.63, 3.8) is 0 Å². The fraction of sp³-hybridized carbons (Fsp3) is 0.421. The van der Waals surface area contributed by atoms with Crippen LogP contribution in [0.4, 0.5) is 0 Å². The van der Waals surface area contributed by atoms with Gasteiger partial charge in [0, 0.05) is 48.6 Å². The third-order valence-corrected chi connectivity index (χ3v) is 6.07. The molecule has 27 heavy (non-hydrogen) atoms. The van der Waals surface area contributed by atoms with E-state index in [0.717, 1.165) is 48.8 Å². The highest BCUT2D eigenvalue weighted by Gasteiger charge is 2.26. The number of carbonyl (C=O) groups is 1. The number of hydrogen-bond acceptors (Lipinski definition) is 7. The molecule has 0 bridgehead atoms. The van der Waals surface area contributed by atoms with Gasteiger partial charge in [0.15, 0.2) is 0 Å². The molecule has 3 aromatic heterocycles. The minimum atomic E-state index is 0.0367. The number of hydrogen-bond donors (Lipinski definition) is 0. The predicted molar refractivity (Wildman–Crippen MR) is 100 cm³/mol. The zero-order chi connectivity index (χ0) is 19.0. The summed E-state index contributed by atoms with van der Waals surface area (Å²) in [7, 11) is 1.80. The first kappa shape index (κ1) is 17.9. The van der Waals surface area contributed by atoms with E-state index in [1.54, 1.807) is 29.4 Å². The Labute approximate surface area is 161 Å². The number of nitrogens with zero attached hydrogens (tertiary/aromatic N) is 4. The molecule has 7 nitrogen and oxygen atoms in total. The van der Waals surface area contributed by atoms with Gasteiger partial charge in [0.2, 0.25) is 0 Å². The lowest BCUT2D eigenvalue weighted by Crippen LogP contribution is -2.32. The average molecular weight is 386 g/mol. The van der Waals surface area contributed by atoms with Crippen LogP contribution in [0.15, 0.2) is 26.8 Å². The fourth-order valence-electron chi connectivity index (χ4n) is 3.49. The maximum absolute atomic E-state index is 12.9. The average Bonchev–Trinajstić information content (AvgIpc) is 3.38. The van der Waals surface area contributed by atoms with Gasteiger partial charge in [-0.05, 0) is 25.8 Å². The van der Waals surface area contributed by atoms with Gasteiger partial charge in [0.25, 0.3) is 5.91 Å². The molecule has 0 saturated heterocycles. The quantitative estimate of drug-likeness (QED) is 0.670. The molecule has 3 aromatic rings. The first-order valence-corrected chi connectivity index (χ1v) is 9.79. The second-order valence-electron chi connectivity index (χ2n) is 6.97. The summed E-state index contributed by atoms with van der Waals surface area (Å²) in [5.74, 6) is 0.921. The molecule has 0 atom stereocenters. The van der Waals surface area contributed by atoms with Gasteiger partial charge in [-0.1, -0.05) is 10.3 Å². The van der Waals surface area contributed by atoms with Crippen molar-refractivity contribution < 1.29 is 13.8 Å². The van der Waals surface area contributed by atoms with Crippen LogP contribution in [0.2, 0.25) is 0 Å². The first-order chi connectivity index (χ1) is 13.0. The van der Waals surface area contributed by atoms with Crippen molar-refractivity contribution in [3.05, 3.63) is 56.4 Å². The van der Waals surface area contributed by atoms with Crippen molar-refractivity contribution in [2.24, 2.45) is 0 Å². The smallest absolute Gasteiger partial charge is 0.255 e. The lowest BCUT2D eigenvalue weighted by Gasteiger charge is -2.27. The molecule has 1 aliphatic heterocycles. The standard InChI is InChI=1S/C19H22N4O3S/c1-12-16(13(2)26-20-12)9-23-6-4-15-17(11-27-18(15)10-23)19(24)22(3)8-14-5-7-25-21-14/h5,7,11H,4,6,8-10H2,1-3H3. The Hall–Kier alpha value is -2.45. The molecule has 4 rings (SSSR count). The van der Waals surface area contributed by atoms with Gasteiger partial charge in [-0.15, -0.1) is 11.3 Å². The molecule has 0 aliphatic carbocycles. The van der Waals surface area contributed by atoms with Gasteiger partial charge >= 0.3 is 0 Å². The molecule has 0 fully saturated rings. The van der Waals surface area contributed by atoms with Crippen molar-refractivity contribution in [3.8, 4) is 0 Å². The van der Waals surface area contributed by atoms with Crippen molar-refractivity contribution >= 4 is 17.2 Å². The zero-order valence-electron chi connectivity index (χ0n) is 15.7. The van der Waals surface area contributed by atoms with E-state index < -0.39 is 0 Å². The van der Waals surface area contributed by atoms with E-state index in [9.17, 15) is 4.79 Å². The first-order valence-electron chi connectivity index (χ1n) is 8.91. The van der Waals surface area contributed by atoms with Gasteiger partial charge in [0.05, 0.1) is 17.8 Å². The second kappa shape index (κ2) is 7.28. The van der Waals surface area contributed by atoms with Crippen LogP contribution in [-0.4, -0.2) is 39.6 Å². The molecular weight excluding hydrogens is 364 g/mol. The number of aryl methyl sites for hydroxylation is 2. The largest absolute Gasteiger partial charge is 0.364 e. The summed E-state index contributed by atoms with van der Waals surface area (Å²) < 4.78 is 10.1. The summed E-state index contributed by atoms with van der Waals surface area (Å²) in [6.07, 6.45) is 2.40. The lowest BCUT2D eigenvalue weighted by atomic mass is 10.0. The molecule has 142 valence electrons. The molecule has 8 heteroatoms. The predicted octanol–water partition coefficient (Wildman–Crippen LogP) is 3.17. The fourth-order valence-corrected chi connectivity index (χ4v) is 4.60. The van der Waals surface area contributed by atoms with E-state index >= 15 is 0 Å². The lowest BCUT2D eigenvalue weighted by molar-refractivity contribution is 0.0780. The van der Waals surface area contributed by atoms with Crippen LogP contribution in [0.3, 0.4) is 0 Å². The Bertz CT molecular complexity index is 925. The molecule has 0 saturated carbocycles. The minimum Gasteiger partial charge on any atom is -0.364 e. The van der Waals surface area contributed by atoms with Crippen LogP contribution in [0.5, 0.6) is 0 Å². The van der Waals surface area contributed by atoms with E-state index in [4.69, 9.17) is 9.05 Å². The van der Waals surface area contributed by atoms with Crippen LogP contribution < -0.4 is 0 Å². The molecule has 0 unspecified atom stereocenters. The number of amides is 1. The van der Waals surface area contributed by atoms with E-state index in [1.807, 2.05) is 19.2 Å². The molecule has 4 heterocycles. The van der Waals surface area contributed by atoms with Crippen LogP contribution >= 0.6 is 11.3 Å². The van der Waals surface area contributed by atoms with E-state index in [-0.39, 0.29) is 5.91 Å². The van der Waals surface area contributed by atoms with E-state index in [1.165, 1.54) is 22.3 Å². The molecule has 1 aliphatic rings. The van der Waals surface area contributed by atoms with E-state index in [2.05, 4.69) is 15.2 Å². The van der Waals surface area contributed by atoms with Crippen molar-refractivity contribution in [1.82, 2.24) is 20.1 Å². The third-order valence-electron chi connectivity index (χ3n) is 5.06. The Kier molecular flexibility index (Phi) is 4.84. The number of rotatable bonds is 5. The summed E-state index contributed by atoms with van der Waals surface area (Å²) in [5.41, 5.74) is 4.87. The molecule has 0 spiro atoms. The SMILES string of the molecule is Cc1noc(C)c1CN1CCc2c(C(=O)N(C)Cc3ccon3)csc2C1. The van der Waals surface area contributed by atoms with Gasteiger partial charge in [-0.25, -0.2) is 0 Å². The minimum absolute atomic E-state index is 0.0367. The Morgan fingerprint density at radius 3 is 2.93 bits per heavy atom. The van der Waals surface area contributed by atoms with E-state index in [0.29, 0.717) is 6.54 Å². The molecular formula is C19H22N4O3S. The van der Waals surface area contributed by atoms with Gasteiger partial charge in [-0.3, -0.25) is 9.69 Å². The monoisotopic (exact) mass is 386 g/mol. The number of aromatic nitrogens is 2. The van der Waals surface area contributed by atoms with Crippen LogP contribution in [-0.2, 0) is 26.1 Å². The molecule has 1 amide bonds. The third kappa shape index (κ3) is 3.54. The summed E-state index contributed by atoms with van der Waals surface area (Å²) in [6, 6.07) is 1.78. The number of thiophene rings is 1. The summed E-state index contributed by atoms with van der Waals surface area (Å²) in [5, 5.41) is 9.92. The van der Waals surface area contributed by atoms with Gasteiger partial charge < -0.3 is 13.9 Å². The molecule has 0 N–H and O–H groups in total. The number of carbonyl (C=O) groups excluding carboxylic acids is 1. The van der Waals surface area contributed by atoms with Gasteiger partial charge in [0.1, 0.15) is 17.7 Å². The normalized spacial score (nSPS) is 14.3. The van der Waals surface area contributed by atoms with Crippen LogP contribution in [0.1, 0.15) is 43.5 Å². The highest BCUT2D eigenvalue weighted by Crippen LogP contribution is 2.31. The van der Waals surface area contributed by atoms with Crippen LogP contribution in [0.25, 0.3) is 0 Å². The maximum Gasteiger partial charge on any atom is 0.255 e. The van der Waals surface area contributed by atoms with Crippen molar-refractivity contribution in [2.45, 2.75) is 39.9 Å². The Morgan fingerprint density at radius 2 is 2.22 bits per heavy atom. The topological polar surface area (TPSA) is 75.6 Å². The van der Waals surface area contributed by atoms with Crippen molar-refractivity contribution in [2.75, 3.05) is 13.6 Å². The van der Waals surface area contributed by atoms with Gasteiger partial charge in [-0.2, -0.15) is 0 Å². The Morgan fingerprint density at radius 1 is 1.37 bits per heavy atom. The summed E-state index contributed by atoms with van der Waals surface area (Å²) in [6.45, 7) is 6.97. The highest BCUT2D eigenvalue weighted by molar-refractivity contribution is 7.10. The molecule has 0 radical (unpaired) electrons. The number of fused-ring (bicyclic) bond motifs is 1. The zero-order valence-corrected chi connectivity index (χ0v) is 16.5. The second-order valence-corrected chi connectivity index (χ2v) is 7.93. The van der Waals surface area contributed by atoms with Crippen LogP contribution in [0, 0.1) is 13.8 Å². The molecule has 0 aromatic carbocycles. The highest BCUT2D eigenvalue weighted by atomic mass is 32.1. The van der Waals surface area contributed by atoms with Crippen molar-refractivity contribution in [1.29, 1.82) is 0 Å². The maximum atomic E-state index is 12.9. The summed E-state index contributed by atoms with van der Waals surface area (Å²) >= 11 is 1.67. The Balaban J connectivity index is 1.46. The summed E-state index contributed by atoms with van der Waals surface area (Å²) in [4.78, 5) is 18.2.